The van der Waals surface area contributed by atoms with Crippen LogP contribution in [-0.4, -0.2) is 9.78 Å². The molecule has 3 nitrogen and oxygen atoms in total. The van der Waals surface area contributed by atoms with Gasteiger partial charge in [-0.25, -0.2) is 0 Å². The molecule has 0 saturated heterocycles. The Labute approximate surface area is 131 Å². The van der Waals surface area contributed by atoms with Crippen molar-refractivity contribution in [3.05, 3.63) is 81.2 Å². The SMILES string of the molecule is O=c1c(Cl)c(Cl)cnn1-c1ccc(-c2ccccc2)cc1. The molecule has 0 atom stereocenters. The minimum absolute atomic E-state index is 0.0289. The second-order valence-corrected chi connectivity index (χ2v) is 5.22. The molecule has 0 saturated carbocycles. The van der Waals surface area contributed by atoms with Crippen LogP contribution < -0.4 is 5.56 Å². The van der Waals surface area contributed by atoms with Crippen LogP contribution in [0.2, 0.25) is 10.0 Å². The molecule has 5 heteroatoms. The van der Waals surface area contributed by atoms with Crippen LogP contribution in [-0.2, 0) is 0 Å². The predicted octanol–water partition coefficient (Wildman–Crippen LogP) is 4.21. The summed E-state index contributed by atoms with van der Waals surface area (Å²) < 4.78 is 1.23. The van der Waals surface area contributed by atoms with Crippen LogP contribution in [0.1, 0.15) is 0 Å². The number of halogens is 2. The van der Waals surface area contributed by atoms with Crippen molar-refractivity contribution in [2.24, 2.45) is 0 Å². The molecule has 1 aromatic heterocycles. The lowest BCUT2D eigenvalue weighted by Crippen LogP contribution is -2.21. The average molecular weight is 317 g/mol. The lowest BCUT2D eigenvalue weighted by molar-refractivity contribution is 0.807. The van der Waals surface area contributed by atoms with Crippen molar-refractivity contribution >= 4 is 23.2 Å². The van der Waals surface area contributed by atoms with Gasteiger partial charge >= 0.3 is 0 Å². The quantitative estimate of drug-likeness (QED) is 0.710. The summed E-state index contributed by atoms with van der Waals surface area (Å²) in [5, 5.41) is 4.12. The van der Waals surface area contributed by atoms with E-state index >= 15 is 0 Å². The van der Waals surface area contributed by atoms with Crippen LogP contribution in [0.15, 0.2) is 65.6 Å². The summed E-state index contributed by atoms with van der Waals surface area (Å²) >= 11 is 11.6. The Hall–Kier alpha value is -2.10. The van der Waals surface area contributed by atoms with Gasteiger partial charge in [0.15, 0.2) is 0 Å². The van der Waals surface area contributed by atoms with Crippen molar-refractivity contribution in [2.75, 3.05) is 0 Å². The van der Waals surface area contributed by atoms with Gasteiger partial charge in [0.1, 0.15) is 5.02 Å². The Morgan fingerprint density at radius 3 is 2.14 bits per heavy atom. The lowest BCUT2D eigenvalue weighted by atomic mass is 10.1. The first-order chi connectivity index (χ1) is 10.2. The van der Waals surface area contributed by atoms with Crippen molar-refractivity contribution in [1.82, 2.24) is 9.78 Å². The van der Waals surface area contributed by atoms with E-state index in [1.54, 1.807) is 0 Å². The maximum absolute atomic E-state index is 12.0. The van der Waals surface area contributed by atoms with E-state index in [9.17, 15) is 4.79 Å². The highest BCUT2D eigenvalue weighted by molar-refractivity contribution is 6.41. The molecule has 104 valence electrons. The second kappa shape index (κ2) is 5.72. The Morgan fingerprint density at radius 2 is 1.48 bits per heavy atom. The fourth-order valence-corrected chi connectivity index (χ4v) is 2.28. The van der Waals surface area contributed by atoms with Crippen LogP contribution in [0.4, 0.5) is 0 Å². The molecule has 0 radical (unpaired) electrons. The van der Waals surface area contributed by atoms with Gasteiger partial charge in [-0.1, -0.05) is 65.7 Å². The molecule has 0 N–H and O–H groups in total. The highest BCUT2D eigenvalue weighted by atomic mass is 35.5. The predicted molar refractivity (Wildman–Crippen MR) is 85.3 cm³/mol. The molecule has 0 aliphatic heterocycles. The smallest absolute Gasteiger partial charge is 0.266 e. The van der Waals surface area contributed by atoms with Gasteiger partial charge in [0.2, 0.25) is 0 Å². The summed E-state index contributed by atoms with van der Waals surface area (Å²) in [7, 11) is 0. The van der Waals surface area contributed by atoms with Gasteiger partial charge < -0.3 is 0 Å². The maximum Gasteiger partial charge on any atom is 0.291 e. The van der Waals surface area contributed by atoms with E-state index in [1.807, 2.05) is 54.6 Å². The zero-order valence-electron chi connectivity index (χ0n) is 10.8. The second-order valence-electron chi connectivity index (χ2n) is 4.44. The number of hydrogen-bond acceptors (Lipinski definition) is 2. The Bertz CT molecular complexity index is 827. The largest absolute Gasteiger partial charge is 0.291 e. The topological polar surface area (TPSA) is 34.9 Å². The van der Waals surface area contributed by atoms with Crippen molar-refractivity contribution in [3.63, 3.8) is 0 Å². The van der Waals surface area contributed by atoms with Crippen LogP contribution in [0.25, 0.3) is 16.8 Å². The monoisotopic (exact) mass is 316 g/mol. The average Bonchev–Trinajstić information content (AvgIpc) is 2.54. The number of benzene rings is 2. The summed E-state index contributed by atoms with van der Waals surface area (Å²) in [6, 6.07) is 17.5. The van der Waals surface area contributed by atoms with Crippen LogP contribution in [0.5, 0.6) is 0 Å². The van der Waals surface area contributed by atoms with Crippen molar-refractivity contribution < 1.29 is 0 Å². The van der Waals surface area contributed by atoms with Crippen molar-refractivity contribution in [3.8, 4) is 16.8 Å². The summed E-state index contributed by atoms with van der Waals surface area (Å²) in [6.45, 7) is 0. The lowest BCUT2D eigenvalue weighted by Gasteiger charge is -2.07. The normalized spacial score (nSPS) is 10.6. The molecular formula is C16H10Cl2N2O. The Kier molecular flexibility index (Phi) is 3.78. The minimum atomic E-state index is -0.434. The summed E-state index contributed by atoms with van der Waals surface area (Å²) in [6.07, 6.45) is 1.36. The number of hydrogen-bond donors (Lipinski definition) is 0. The molecule has 2 aromatic carbocycles. The van der Waals surface area contributed by atoms with Gasteiger partial charge in [-0.05, 0) is 23.3 Å². The van der Waals surface area contributed by atoms with E-state index < -0.39 is 5.56 Å². The minimum Gasteiger partial charge on any atom is -0.266 e. The van der Waals surface area contributed by atoms with Crippen LogP contribution in [0, 0.1) is 0 Å². The molecule has 3 aromatic rings. The Balaban J connectivity index is 2.03. The first-order valence-electron chi connectivity index (χ1n) is 6.26. The highest BCUT2D eigenvalue weighted by Gasteiger charge is 2.09. The molecule has 0 aliphatic carbocycles. The standard InChI is InChI=1S/C16H10Cl2N2O/c17-14-10-19-20(16(21)15(14)18)13-8-6-12(7-9-13)11-4-2-1-3-5-11/h1-10H. The molecule has 0 aliphatic rings. The third-order valence-corrected chi connectivity index (χ3v) is 3.84. The van der Waals surface area contributed by atoms with Crippen molar-refractivity contribution in [1.29, 1.82) is 0 Å². The van der Waals surface area contributed by atoms with E-state index in [2.05, 4.69) is 5.10 Å². The third kappa shape index (κ3) is 2.71. The highest BCUT2D eigenvalue weighted by Crippen LogP contribution is 2.21. The number of nitrogens with zero attached hydrogens (tertiary/aromatic N) is 2. The Morgan fingerprint density at radius 1 is 0.857 bits per heavy atom. The van der Waals surface area contributed by atoms with Crippen molar-refractivity contribution in [2.45, 2.75) is 0 Å². The molecule has 0 spiro atoms. The van der Waals surface area contributed by atoms with Gasteiger partial charge in [-0.3, -0.25) is 4.79 Å². The summed E-state index contributed by atoms with van der Waals surface area (Å²) in [4.78, 5) is 12.0. The van der Waals surface area contributed by atoms with Gasteiger partial charge in [-0.15, -0.1) is 0 Å². The van der Waals surface area contributed by atoms with E-state index in [0.717, 1.165) is 11.1 Å². The van der Waals surface area contributed by atoms with Crippen LogP contribution in [0.3, 0.4) is 0 Å². The summed E-state index contributed by atoms with van der Waals surface area (Å²) in [5.74, 6) is 0. The van der Waals surface area contributed by atoms with Gasteiger partial charge in [0.05, 0.1) is 16.9 Å². The molecular weight excluding hydrogens is 307 g/mol. The van der Waals surface area contributed by atoms with E-state index in [4.69, 9.17) is 23.2 Å². The number of rotatable bonds is 2. The molecule has 0 fully saturated rings. The zero-order valence-corrected chi connectivity index (χ0v) is 12.3. The maximum atomic E-state index is 12.0. The number of aromatic nitrogens is 2. The third-order valence-electron chi connectivity index (χ3n) is 3.10. The first-order valence-corrected chi connectivity index (χ1v) is 7.01. The zero-order chi connectivity index (χ0) is 14.8. The fraction of sp³-hybridized carbons (Fsp3) is 0. The molecule has 0 unspecified atom stereocenters. The molecule has 1 heterocycles. The molecule has 0 amide bonds. The van der Waals surface area contributed by atoms with Gasteiger partial charge in [-0.2, -0.15) is 9.78 Å². The van der Waals surface area contributed by atoms with E-state index in [0.29, 0.717) is 5.69 Å². The van der Waals surface area contributed by atoms with E-state index in [-0.39, 0.29) is 10.0 Å². The first kappa shape index (κ1) is 13.9. The van der Waals surface area contributed by atoms with E-state index in [1.165, 1.54) is 10.9 Å². The molecule has 3 rings (SSSR count). The van der Waals surface area contributed by atoms with Gasteiger partial charge in [0.25, 0.3) is 5.56 Å². The fourth-order valence-electron chi connectivity index (χ4n) is 2.02. The molecule has 0 bridgehead atoms. The molecule has 21 heavy (non-hydrogen) atoms. The van der Waals surface area contributed by atoms with Gasteiger partial charge in [0, 0.05) is 0 Å². The van der Waals surface area contributed by atoms with Crippen LogP contribution >= 0.6 is 23.2 Å². The summed E-state index contributed by atoms with van der Waals surface area (Å²) in [5.41, 5.74) is 2.38.